The predicted octanol–water partition coefficient (Wildman–Crippen LogP) is 1.23. The summed E-state index contributed by atoms with van der Waals surface area (Å²) in [7, 11) is 0. The molecule has 3 N–H and O–H groups in total. The minimum atomic E-state index is -0.645. The van der Waals surface area contributed by atoms with E-state index in [9.17, 15) is 4.79 Å². The van der Waals surface area contributed by atoms with Crippen molar-refractivity contribution in [3.8, 4) is 12.3 Å². The van der Waals surface area contributed by atoms with Crippen LogP contribution >= 0.6 is 11.3 Å². The molecule has 1 aromatic rings. The van der Waals surface area contributed by atoms with Crippen LogP contribution in [-0.4, -0.2) is 16.9 Å². The molecule has 0 aromatic carbocycles. The van der Waals surface area contributed by atoms with Crippen LogP contribution in [0.25, 0.3) is 0 Å². The second kappa shape index (κ2) is 6.38. The van der Waals surface area contributed by atoms with Crippen molar-refractivity contribution in [2.75, 3.05) is 0 Å². The van der Waals surface area contributed by atoms with E-state index >= 15 is 0 Å². The molecule has 0 aliphatic rings. The lowest BCUT2D eigenvalue weighted by Gasteiger charge is -2.14. The second-order valence-corrected chi connectivity index (χ2v) is 4.91. The number of nitrogens with one attached hydrogen (secondary N) is 1. The van der Waals surface area contributed by atoms with Gasteiger partial charge in [0.05, 0.1) is 12.1 Å². The highest BCUT2D eigenvalue weighted by Gasteiger charge is 2.17. The van der Waals surface area contributed by atoms with Gasteiger partial charge in [0.1, 0.15) is 5.01 Å². The summed E-state index contributed by atoms with van der Waals surface area (Å²) < 4.78 is 0. The third-order valence-electron chi connectivity index (χ3n) is 2.32. The Kier molecular flexibility index (Phi) is 5.13. The summed E-state index contributed by atoms with van der Waals surface area (Å²) >= 11 is 1.60. The number of aryl methyl sites for hydroxylation is 1. The van der Waals surface area contributed by atoms with Gasteiger partial charge >= 0.3 is 0 Å². The minimum Gasteiger partial charge on any atom is -0.346 e. The molecule has 0 aliphatic carbocycles. The van der Waals surface area contributed by atoms with E-state index < -0.39 is 6.04 Å². The molecule has 1 heterocycles. The molecule has 0 saturated heterocycles. The fourth-order valence-corrected chi connectivity index (χ4v) is 2.15. The summed E-state index contributed by atoms with van der Waals surface area (Å²) in [5, 5.41) is 3.70. The van der Waals surface area contributed by atoms with Gasteiger partial charge in [-0.15, -0.1) is 23.7 Å². The topological polar surface area (TPSA) is 68.0 Å². The molecular formula is C12H17N3OS. The maximum absolute atomic E-state index is 11.6. The van der Waals surface area contributed by atoms with Gasteiger partial charge in [0.25, 0.3) is 0 Å². The Balaban J connectivity index is 2.57. The summed E-state index contributed by atoms with van der Waals surface area (Å²) in [4.78, 5) is 17.1. The molecule has 1 amide bonds. The molecule has 0 aliphatic heterocycles. The van der Waals surface area contributed by atoms with Crippen molar-refractivity contribution in [2.24, 2.45) is 5.73 Å². The number of thiazole rings is 1. The Labute approximate surface area is 106 Å². The Morgan fingerprint density at radius 3 is 3.00 bits per heavy atom. The van der Waals surface area contributed by atoms with Crippen LogP contribution in [-0.2, 0) is 11.2 Å². The van der Waals surface area contributed by atoms with E-state index in [1.165, 1.54) is 4.88 Å². The summed E-state index contributed by atoms with van der Waals surface area (Å²) in [6.07, 6.45) is 8.15. The Hall–Kier alpha value is -1.38. The summed E-state index contributed by atoms with van der Waals surface area (Å²) in [6, 6.07) is -0.773. The maximum Gasteiger partial charge on any atom is 0.238 e. The van der Waals surface area contributed by atoms with Gasteiger partial charge < -0.3 is 11.1 Å². The number of carbonyl (C=O) groups is 1. The van der Waals surface area contributed by atoms with Gasteiger partial charge in [-0.3, -0.25) is 4.79 Å². The van der Waals surface area contributed by atoms with Crippen LogP contribution in [0.2, 0.25) is 0 Å². The van der Waals surface area contributed by atoms with Gasteiger partial charge in [0.15, 0.2) is 0 Å². The predicted molar refractivity (Wildman–Crippen MR) is 69.5 cm³/mol. The number of nitrogens with two attached hydrogens (primary N) is 1. The zero-order valence-electron chi connectivity index (χ0n) is 10.1. The summed E-state index contributed by atoms with van der Waals surface area (Å²) in [5.74, 6) is 2.14. The van der Waals surface area contributed by atoms with Gasteiger partial charge in [0, 0.05) is 17.5 Å². The van der Waals surface area contributed by atoms with Gasteiger partial charge in [-0.05, 0) is 13.3 Å². The molecule has 5 heteroatoms. The molecule has 0 fully saturated rings. The first kappa shape index (κ1) is 13.7. The van der Waals surface area contributed by atoms with E-state index in [-0.39, 0.29) is 18.4 Å². The van der Waals surface area contributed by atoms with Crippen molar-refractivity contribution in [1.29, 1.82) is 0 Å². The maximum atomic E-state index is 11.6. The van der Waals surface area contributed by atoms with E-state index in [2.05, 4.69) is 23.1 Å². The molecule has 2 unspecified atom stereocenters. The van der Waals surface area contributed by atoms with E-state index in [1.54, 1.807) is 11.3 Å². The Bertz CT molecular complexity index is 422. The highest BCUT2D eigenvalue weighted by atomic mass is 32.1. The van der Waals surface area contributed by atoms with Crippen LogP contribution in [0.5, 0.6) is 0 Å². The SMILES string of the molecule is C#CCC(N)C(=O)NC(C)c1ncc(CC)s1. The van der Waals surface area contributed by atoms with Crippen molar-refractivity contribution in [1.82, 2.24) is 10.3 Å². The average Bonchev–Trinajstić information content (AvgIpc) is 2.77. The molecule has 17 heavy (non-hydrogen) atoms. The minimum absolute atomic E-state index is 0.128. The van der Waals surface area contributed by atoms with Crippen LogP contribution in [0, 0.1) is 12.3 Å². The zero-order valence-corrected chi connectivity index (χ0v) is 10.9. The normalized spacial score (nSPS) is 13.8. The van der Waals surface area contributed by atoms with Crippen molar-refractivity contribution < 1.29 is 4.79 Å². The van der Waals surface area contributed by atoms with Gasteiger partial charge in [-0.25, -0.2) is 4.98 Å². The number of terminal acetylenes is 1. The number of hydrogen-bond donors (Lipinski definition) is 2. The molecule has 4 nitrogen and oxygen atoms in total. The molecule has 0 saturated carbocycles. The zero-order chi connectivity index (χ0) is 12.8. The van der Waals surface area contributed by atoms with Crippen molar-refractivity contribution >= 4 is 17.2 Å². The van der Waals surface area contributed by atoms with E-state index in [0.717, 1.165) is 11.4 Å². The summed E-state index contributed by atoms with van der Waals surface area (Å²) in [6.45, 7) is 3.96. The van der Waals surface area contributed by atoms with Gasteiger partial charge in [-0.2, -0.15) is 0 Å². The van der Waals surface area contributed by atoms with Crippen LogP contribution in [0.4, 0.5) is 0 Å². The molecule has 92 valence electrons. The molecule has 1 rings (SSSR count). The summed E-state index contributed by atoms with van der Waals surface area (Å²) in [5.41, 5.74) is 5.61. The monoisotopic (exact) mass is 251 g/mol. The van der Waals surface area contributed by atoms with Crippen molar-refractivity contribution in [3.05, 3.63) is 16.1 Å². The number of carbonyl (C=O) groups excluding carboxylic acids is 1. The first-order valence-corrected chi connectivity index (χ1v) is 6.34. The third-order valence-corrected chi connectivity index (χ3v) is 3.65. The Morgan fingerprint density at radius 1 is 1.76 bits per heavy atom. The molecule has 1 aromatic heterocycles. The highest BCUT2D eigenvalue weighted by Crippen LogP contribution is 2.20. The number of nitrogens with zero attached hydrogens (tertiary/aromatic N) is 1. The van der Waals surface area contributed by atoms with Crippen LogP contribution in [0.15, 0.2) is 6.20 Å². The molecule has 0 radical (unpaired) electrons. The van der Waals surface area contributed by atoms with E-state index in [4.69, 9.17) is 12.2 Å². The molecule has 2 atom stereocenters. The first-order valence-electron chi connectivity index (χ1n) is 5.52. The molecule has 0 spiro atoms. The number of hydrogen-bond acceptors (Lipinski definition) is 4. The number of rotatable bonds is 5. The van der Waals surface area contributed by atoms with Crippen molar-refractivity contribution in [2.45, 2.75) is 38.8 Å². The quantitative estimate of drug-likeness (QED) is 0.773. The lowest BCUT2D eigenvalue weighted by atomic mass is 10.2. The standard InChI is InChI=1S/C12H17N3OS/c1-4-6-10(13)11(16)15-8(3)12-14-7-9(5-2)17-12/h1,7-8,10H,5-6,13H2,2-3H3,(H,15,16). The Morgan fingerprint density at radius 2 is 2.47 bits per heavy atom. The van der Waals surface area contributed by atoms with Gasteiger partial charge in [-0.1, -0.05) is 6.92 Å². The number of aromatic nitrogens is 1. The fraction of sp³-hybridized carbons (Fsp3) is 0.500. The van der Waals surface area contributed by atoms with E-state index in [0.29, 0.717) is 0 Å². The first-order chi connectivity index (χ1) is 8.08. The molecular weight excluding hydrogens is 234 g/mol. The second-order valence-electron chi connectivity index (χ2n) is 3.76. The largest absolute Gasteiger partial charge is 0.346 e. The smallest absolute Gasteiger partial charge is 0.238 e. The molecule has 0 bridgehead atoms. The average molecular weight is 251 g/mol. The number of amides is 1. The van der Waals surface area contributed by atoms with Crippen LogP contribution in [0.1, 0.15) is 36.2 Å². The fourth-order valence-electron chi connectivity index (χ4n) is 1.29. The van der Waals surface area contributed by atoms with E-state index in [1.807, 2.05) is 13.1 Å². The van der Waals surface area contributed by atoms with Crippen LogP contribution < -0.4 is 11.1 Å². The van der Waals surface area contributed by atoms with Crippen LogP contribution in [0.3, 0.4) is 0 Å². The third kappa shape index (κ3) is 3.84. The lowest BCUT2D eigenvalue weighted by Crippen LogP contribution is -2.41. The highest BCUT2D eigenvalue weighted by molar-refractivity contribution is 7.11. The lowest BCUT2D eigenvalue weighted by molar-refractivity contribution is -0.122. The van der Waals surface area contributed by atoms with Crippen molar-refractivity contribution in [3.63, 3.8) is 0 Å². The van der Waals surface area contributed by atoms with Gasteiger partial charge in [0.2, 0.25) is 5.91 Å².